The third-order valence-corrected chi connectivity index (χ3v) is 4.52. The van der Waals surface area contributed by atoms with Gasteiger partial charge in [-0.1, -0.05) is 23.2 Å². The first-order valence-corrected chi connectivity index (χ1v) is 9.92. The highest BCUT2D eigenvalue weighted by Crippen LogP contribution is 2.21. The Bertz CT molecular complexity index is 1050. The van der Waals surface area contributed by atoms with E-state index in [2.05, 4.69) is 20.1 Å². The molecule has 0 saturated carbocycles. The number of amides is 2. The smallest absolute Gasteiger partial charge is 0.340 e. The summed E-state index contributed by atoms with van der Waals surface area (Å²) in [4.78, 5) is 47.0. The van der Waals surface area contributed by atoms with Gasteiger partial charge in [0.15, 0.2) is 36.5 Å². The zero-order chi connectivity index (χ0) is 25.4. The summed E-state index contributed by atoms with van der Waals surface area (Å²) in [6, 6.07) is 2.22. The van der Waals surface area contributed by atoms with Gasteiger partial charge in [-0.25, -0.2) is 27.2 Å². The first-order valence-electron chi connectivity index (χ1n) is 9.16. The largest absolute Gasteiger partial charge is 0.452 e. The van der Waals surface area contributed by atoms with E-state index in [1.165, 1.54) is 0 Å². The zero-order valence-electron chi connectivity index (χ0n) is 16.9. The molecule has 0 aliphatic carbocycles. The molecule has 14 heteroatoms. The molecule has 2 amide bonds. The monoisotopic (exact) mass is 524 g/mol. The predicted octanol–water partition coefficient (Wildman–Crippen LogP) is 2.80. The standard InChI is InChI=1S/C20H14Cl2F4N2O6/c21-11-5-15(25)13(23)3-9(11)19(31)33-7-17(29)27-1-2-28-18(30)8-34-20(32)10-4-14(24)16(26)6-12(10)22/h3-6H,1-2,7-8H2,(H,27,29)(H,28,30). The Morgan fingerprint density at radius 2 is 0.971 bits per heavy atom. The first kappa shape index (κ1) is 26.9. The zero-order valence-corrected chi connectivity index (χ0v) is 18.4. The lowest BCUT2D eigenvalue weighted by Gasteiger charge is -2.09. The predicted molar refractivity (Wildman–Crippen MR) is 109 cm³/mol. The summed E-state index contributed by atoms with van der Waals surface area (Å²) in [6.07, 6.45) is 0. The fraction of sp³-hybridized carbons (Fsp3) is 0.200. The molecule has 2 N–H and O–H groups in total. The van der Waals surface area contributed by atoms with Crippen molar-refractivity contribution in [2.75, 3.05) is 26.3 Å². The van der Waals surface area contributed by atoms with Crippen LogP contribution >= 0.6 is 23.2 Å². The lowest BCUT2D eigenvalue weighted by molar-refractivity contribution is -0.125. The molecule has 0 aliphatic rings. The van der Waals surface area contributed by atoms with Crippen LogP contribution in [0.5, 0.6) is 0 Å². The van der Waals surface area contributed by atoms with Gasteiger partial charge in [0, 0.05) is 13.1 Å². The quantitative estimate of drug-likeness (QED) is 0.226. The maximum atomic E-state index is 13.2. The molecule has 0 spiro atoms. The highest BCUT2D eigenvalue weighted by molar-refractivity contribution is 6.34. The molecule has 0 unspecified atom stereocenters. The minimum absolute atomic E-state index is 0.114. The van der Waals surface area contributed by atoms with E-state index in [9.17, 15) is 36.7 Å². The van der Waals surface area contributed by atoms with E-state index in [0.29, 0.717) is 24.3 Å². The Kier molecular flexibility index (Phi) is 9.63. The van der Waals surface area contributed by atoms with E-state index >= 15 is 0 Å². The van der Waals surface area contributed by atoms with Gasteiger partial charge in [0.05, 0.1) is 21.2 Å². The third-order valence-electron chi connectivity index (χ3n) is 3.90. The van der Waals surface area contributed by atoms with E-state index in [4.69, 9.17) is 23.2 Å². The van der Waals surface area contributed by atoms with Crippen molar-refractivity contribution in [2.45, 2.75) is 0 Å². The lowest BCUT2D eigenvalue weighted by Crippen LogP contribution is -2.38. The van der Waals surface area contributed by atoms with Crippen LogP contribution in [0.4, 0.5) is 17.6 Å². The van der Waals surface area contributed by atoms with E-state index < -0.39 is 81.4 Å². The van der Waals surface area contributed by atoms with Crippen molar-refractivity contribution >= 4 is 47.0 Å². The van der Waals surface area contributed by atoms with Crippen LogP contribution in [0.15, 0.2) is 24.3 Å². The number of ether oxygens (including phenoxy) is 2. The van der Waals surface area contributed by atoms with Crippen molar-refractivity contribution in [1.82, 2.24) is 10.6 Å². The molecule has 2 aromatic rings. The summed E-state index contributed by atoms with van der Waals surface area (Å²) < 4.78 is 61.7. The maximum Gasteiger partial charge on any atom is 0.340 e. The molecular weight excluding hydrogens is 511 g/mol. The van der Waals surface area contributed by atoms with Gasteiger partial charge in [-0.05, 0) is 24.3 Å². The van der Waals surface area contributed by atoms with Gasteiger partial charge < -0.3 is 20.1 Å². The number of benzene rings is 2. The highest BCUT2D eigenvalue weighted by Gasteiger charge is 2.19. The molecule has 2 rings (SSSR count). The number of hydrogen-bond acceptors (Lipinski definition) is 6. The first-order chi connectivity index (χ1) is 16.0. The third kappa shape index (κ3) is 7.59. The van der Waals surface area contributed by atoms with Crippen LogP contribution in [-0.2, 0) is 19.1 Å². The number of esters is 2. The number of nitrogens with one attached hydrogen (secondary N) is 2. The minimum Gasteiger partial charge on any atom is -0.452 e. The minimum atomic E-state index is -1.32. The molecule has 0 aliphatic heterocycles. The number of halogens is 6. The van der Waals surface area contributed by atoms with Gasteiger partial charge in [-0.3, -0.25) is 9.59 Å². The van der Waals surface area contributed by atoms with Crippen LogP contribution in [-0.4, -0.2) is 50.1 Å². The normalized spacial score (nSPS) is 10.4. The van der Waals surface area contributed by atoms with E-state index in [-0.39, 0.29) is 13.1 Å². The van der Waals surface area contributed by atoms with Gasteiger partial charge in [0.1, 0.15) is 0 Å². The molecule has 0 heterocycles. The molecule has 0 atom stereocenters. The number of rotatable bonds is 9. The van der Waals surface area contributed by atoms with Gasteiger partial charge in [0.2, 0.25) is 0 Å². The Labute approximate surface area is 199 Å². The molecule has 8 nitrogen and oxygen atoms in total. The van der Waals surface area contributed by atoms with Gasteiger partial charge in [-0.15, -0.1) is 0 Å². The second-order valence-corrected chi connectivity index (χ2v) is 7.16. The van der Waals surface area contributed by atoms with Crippen molar-refractivity contribution < 1.29 is 46.2 Å². The molecular formula is C20H14Cl2F4N2O6. The second-order valence-electron chi connectivity index (χ2n) is 6.34. The molecule has 0 saturated heterocycles. The fourth-order valence-corrected chi connectivity index (χ4v) is 2.74. The average Bonchev–Trinajstić information content (AvgIpc) is 2.78. The van der Waals surface area contributed by atoms with Crippen LogP contribution in [0, 0.1) is 23.3 Å². The number of carbonyl (C=O) groups excluding carboxylic acids is 4. The second kappa shape index (κ2) is 12.2. The SMILES string of the molecule is O=C(COC(=O)c1cc(F)c(F)cc1Cl)NCCNC(=O)COC(=O)c1cc(F)c(F)cc1Cl. The number of carbonyl (C=O) groups is 4. The summed E-state index contributed by atoms with van der Waals surface area (Å²) >= 11 is 11.3. The Morgan fingerprint density at radius 1 is 0.647 bits per heavy atom. The Balaban J connectivity index is 1.67. The molecule has 0 bridgehead atoms. The fourth-order valence-electron chi connectivity index (χ4n) is 2.28. The van der Waals surface area contributed by atoms with Gasteiger partial charge >= 0.3 is 11.9 Å². The molecule has 34 heavy (non-hydrogen) atoms. The van der Waals surface area contributed by atoms with E-state index in [0.717, 1.165) is 0 Å². The Morgan fingerprint density at radius 3 is 1.32 bits per heavy atom. The van der Waals surface area contributed by atoms with Crippen LogP contribution < -0.4 is 10.6 Å². The van der Waals surface area contributed by atoms with Crippen molar-refractivity contribution in [1.29, 1.82) is 0 Å². The van der Waals surface area contributed by atoms with Crippen molar-refractivity contribution in [3.8, 4) is 0 Å². The highest BCUT2D eigenvalue weighted by atomic mass is 35.5. The summed E-state index contributed by atoms with van der Waals surface area (Å²) in [5.74, 6) is -9.04. The van der Waals surface area contributed by atoms with Crippen LogP contribution in [0.2, 0.25) is 10.0 Å². The molecule has 182 valence electrons. The van der Waals surface area contributed by atoms with Gasteiger partial charge in [0.25, 0.3) is 11.8 Å². The Hall–Kier alpha value is -3.38. The van der Waals surface area contributed by atoms with Crippen molar-refractivity contribution in [3.05, 3.63) is 68.7 Å². The molecule has 0 radical (unpaired) electrons. The van der Waals surface area contributed by atoms with Gasteiger partial charge in [-0.2, -0.15) is 0 Å². The lowest BCUT2D eigenvalue weighted by atomic mass is 10.2. The summed E-state index contributed by atoms with van der Waals surface area (Å²) in [5, 5.41) is 3.77. The summed E-state index contributed by atoms with van der Waals surface area (Å²) in [6.45, 7) is -1.77. The van der Waals surface area contributed by atoms with Crippen LogP contribution in [0.1, 0.15) is 20.7 Å². The molecule has 2 aromatic carbocycles. The maximum absolute atomic E-state index is 13.2. The van der Waals surface area contributed by atoms with Crippen molar-refractivity contribution in [3.63, 3.8) is 0 Å². The topological polar surface area (TPSA) is 111 Å². The summed E-state index contributed by atoms with van der Waals surface area (Å²) in [5.41, 5.74) is -0.945. The van der Waals surface area contributed by atoms with Crippen LogP contribution in [0.25, 0.3) is 0 Å². The number of hydrogen-bond donors (Lipinski definition) is 2. The van der Waals surface area contributed by atoms with E-state index in [1.807, 2.05) is 0 Å². The summed E-state index contributed by atoms with van der Waals surface area (Å²) in [7, 11) is 0. The van der Waals surface area contributed by atoms with E-state index in [1.54, 1.807) is 0 Å². The average molecular weight is 525 g/mol. The van der Waals surface area contributed by atoms with Crippen LogP contribution in [0.3, 0.4) is 0 Å². The van der Waals surface area contributed by atoms with Crippen molar-refractivity contribution in [2.24, 2.45) is 0 Å². The molecule has 0 aromatic heterocycles. The molecule has 0 fully saturated rings.